The maximum absolute atomic E-state index is 5.74. The molecule has 2 aromatic rings. The third-order valence-electron chi connectivity index (χ3n) is 4.41. The van der Waals surface area contributed by atoms with Crippen LogP contribution in [0.25, 0.3) is 0 Å². The molecule has 2 aromatic carbocycles. The summed E-state index contributed by atoms with van der Waals surface area (Å²) in [4.78, 5) is 0. The van der Waals surface area contributed by atoms with Crippen molar-refractivity contribution in [3.8, 4) is 0 Å². The zero-order valence-electron chi connectivity index (χ0n) is 15.9. The molecule has 144 valence electrons. The summed E-state index contributed by atoms with van der Waals surface area (Å²) < 4.78 is 5.74. The van der Waals surface area contributed by atoms with Crippen LogP contribution in [-0.4, -0.2) is 19.8 Å². The Morgan fingerprint density at radius 3 is 1.88 bits per heavy atom. The van der Waals surface area contributed by atoms with Crippen molar-refractivity contribution in [2.24, 2.45) is 0 Å². The zero-order chi connectivity index (χ0) is 17.4. The van der Waals surface area contributed by atoms with Crippen LogP contribution < -0.4 is 5.32 Å². The lowest BCUT2D eigenvalue weighted by Crippen LogP contribution is -2.14. The molecule has 0 fully saturated rings. The Morgan fingerprint density at radius 1 is 0.615 bits per heavy atom. The number of ether oxygens (including phenoxy) is 1. The molecule has 0 aromatic heterocycles. The molecule has 0 saturated heterocycles. The van der Waals surface area contributed by atoms with Gasteiger partial charge in [0, 0.05) is 19.8 Å². The van der Waals surface area contributed by atoms with Crippen molar-refractivity contribution in [1.82, 2.24) is 5.32 Å². The lowest BCUT2D eigenvalue weighted by molar-refractivity contribution is 0.126. The van der Waals surface area contributed by atoms with E-state index in [2.05, 4.69) is 66.0 Å². The van der Waals surface area contributed by atoms with E-state index < -0.39 is 0 Å². The predicted octanol–water partition coefficient (Wildman–Crippen LogP) is 5.80. The van der Waals surface area contributed by atoms with Crippen LogP contribution in [0.5, 0.6) is 0 Å². The van der Waals surface area contributed by atoms with Crippen molar-refractivity contribution in [3.05, 3.63) is 71.8 Å². The van der Waals surface area contributed by atoms with E-state index in [1.165, 1.54) is 49.7 Å². The predicted molar refractivity (Wildman–Crippen MR) is 114 cm³/mol. The van der Waals surface area contributed by atoms with Gasteiger partial charge in [-0.05, 0) is 49.8 Å². The highest BCUT2D eigenvalue weighted by molar-refractivity contribution is 5.85. The Labute approximate surface area is 165 Å². The van der Waals surface area contributed by atoms with Crippen molar-refractivity contribution < 1.29 is 4.74 Å². The first-order valence-electron chi connectivity index (χ1n) is 9.81. The molecule has 0 radical (unpaired) electrons. The summed E-state index contributed by atoms with van der Waals surface area (Å²) in [6, 6.07) is 21.3. The fraction of sp³-hybridized carbons (Fsp3) is 0.478. The van der Waals surface area contributed by atoms with Crippen LogP contribution in [0.1, 0.15) is 49.7 Å². The van der Waals surface area contributed by atoms with Crippen molar-refractivity contribution in [2.45, 2.75) is 51.5 Å². The number of benzene rings is 2. The van der Waals surface area contributed by atoms with Crippen LogP contribution in [-0.2, 0) is 17.7 Å². The molecular weight excluding hydrogens is 342 g/mol. The quantitative estimate of drug-likeness (QED) is 0.421. The SMILES string of the molecule is Cl.c1ccc(CCCCOCCCCCCNCc2ccccc2)cc1. The zero-order valence-corrected chi connectivity index (χ0v) is 16.7. The maximum atomic E-state index is 5.74. The summed E-state index contributed by atoms with van der Waals surface area (Å²) in [7, 11) is 0. The summed E-state index contributed by atoms with van der Waals surface area (Å²) in [6.45, 7) is 3.91. The van der Waals surface area contributed by atoms with Gasteiger partial charge in [-0.25, -0.2) is 0 Å². The van der Waals surface area contributed by atoms with E-state index in [1.54, 1.807) is 0 Å². The van der Waals surface area contributed by atoms with Crippen LogP contribution in [0.15, 0.2) is 60.7 Å². The second kappa shape index (κ2) is 15.9. The minimum Gasteiger partial charge on any atom is -0.381 e. The topological polar surface area (TPSA) is 21.3 Å². The molecule has 2 nitrogen and oxygen atoms in total. The highest BCUT2D eigenvalue weighted by atomic mass is 35.5. The second-order valence-electron chi connectivity index (χ2n) is 6.63. The van der Waals surface area contributed by atoms with E-state index in [4.69, 9.17) is 4.74 Å². The summed E-state index contributed by atoms with van der Waals surface area (Å²) in [5, 5.41) is 3.51. The number of hydrogen-bond acceptors (Lipinski definition) is 2. The third-order valence-corrected chi connectivity index (χ3v) is 4.41. The van der Waals surface area contributed by atoms with Gasteiger partial charge in [0.1, 0.15) is 0 Å². The van der Waals surface area contributed by atoms with Crippen LogP contribution in [0.3, 0.4) is 0 Å². The maximum Gasteiger partial charge on any atom is 0.0466 e. The lowest BCUT2D eigenvalue weighted by atomic mass is 10.1. The molecule has 2 rings (SSSR count). The molecular formula is C23H34ClNO. The molecule has 0 aliphatic carbocycles. The third kappa shape index (κ3) is 11.3. The molecule has 3 heteroatoms. The Morgan fingerprint density at radius 2 is 1.19 bits per heavy atom. The summed E-state index contributed by atoms with van der Waals surface area (Å²) in [6.07, 6.45) is 8.56. The molecule has 0 saturated carbocycles. The van der Waals surface area contributed by atoms with Crippen LogP contribution in [0.2, 0.25) is 0 Å². The largest absolute Gasteiger partial charge is 0.381 e. The Kier molecular flexibility index (Phi) is 13.8. The van der Waals surface area contributed by atoms with E-state index >= 15 is 0 Å². The van der Waals surface area contributed by atoms with Gasteiger partial charge in [0.05, 0.1) is 0 Å². The lowest BCUT2D eigenvalue weighted by Gasteiger charge is -2.06. The molecule has 1 N–H and O–H groups in total. The second-order valence-corrected chi connectivity index (χ2v) is 6.63. The standard InChI is InChI=1S/C23H33NO.ClH/c1(10-18-24-21-23-16-7-4-8-17-23)2-11-19-25-20-12-9-15-22-13-5-3-6-14-22;/h3-8,13-14,16-17,24H,1-2,9-12,15,18-21H2;1H. The van der Waals surface area contributed by atoms with E-state index in [1.807, 2.05) is 0 Å². The molecule has 0 atom stereocenters. The van der Waals surface area contributed by atoms with Crippen LogP contribution in [0.4, 0.5) is 0 Å². The first kappa shape index (κ1) is 22.7. The van der Waals surface area contributed by atoms with Crippen molar-refractivity contribution in [3.63, 3.8) is 0 Å². The molecule has 26 heavy (non-hydrogen) atoms. The number of halogens is 1. The summed E-state index contributed by atoms with van der Waals surface area (Å²) in [5.74, 6) is 0. The van der Waals surface area contributed by atoms with Gasteiger partial charge < -0.3 is 10.1 Å². The average molecular weight is 376 g/mol. The molecule has 0 aliphatic rings. The number of hydrogen-bond donors (Lipinski definition) is 1. The molecule has 0 bridgehead atoms. The summed E-state index contributed by atoms with van der Waals surface area (Å²) in [5.41, 5.74) is 2.80. The van der Waals surface area contributed by atoms with E-state index in [-0.39, 0.29) is 12.4 Å². The van der Waals surface area contributed by atoms with Gasteiger partial charge in [-0.3, -0.25) is 0 Å². The van der Waals surface area contributed by atoms with Crippen molar-refractivity contribution in [2.75, 3.05) is 19.8 Å². The average Bonchev–Trinajstić information content (AvgIpc) is 2.67. The van der Waals surface area contributed by atoms with Gasteiger partial charge in [0.2, 0.25) is 0 Å². The smallest absolute Gasteiger partial charge is 0.0466 e. The van der Waals surface area contributed by atoms with E-state index in [9.17, 15) is 0 Å². The Hall–Kier alpha value is -1.35. The van der Waals surface area contributed by atoms with E-state index in [0.717, 1.165) is 32.7 Å². The van der Waals surface area contributed by atoms with Crippen LogP contribution in [0, 0.1) is 0 Å². The van der Waals surface area contributed by atoms with Gasteiger partial charge >= 0.3 is 0 Å². The Balaban J connectivity index is 0.00000338. The Bertz CT molecular complexity index is 483. The van der Waals surface area contributed by atoms with Crippen molar-refractivity contribution >= 4 is 12.4 Å². The molecule has 0 heterocycles. The van der Waals surface area contributed by atoms with Gasteiger partial charge in [-0.1, -0.05) is 73.5 Å². The monoisotopic (exact) mass is 375 g/mol. The highest BCUT2D eigenvalue weighted by Gasteiger charge is 1.95. The molecule has 0 spiro atoms. The fourth-order valence-electron chi connectivity index (χ4n) is 2.92. The van der Waals surface area contributed by atoms with Gasteiger partial charge in [-0.2, -0.15) is 0 Å². The highest BCUT2D eigenvalue weighted by Crippen LogP contribution is 2.05. The normalized spacial score (nSPS) is 10.5. The van der Waals surface area contributed by atoms with Crippen molar-refractivity contribution in [1.29, 1.82) is 0 Å². The van der Waals surface area contributed by atoms with E-state index in [0.29, 0.717) is 0 Å². The number of nitrogens with one attached hydrogen (secondary N) is 1. The number of unbranched alkanes of at least 4 members (excludes halogenated alkanes) is 4. The van der Waals surface area contributed by atoms with Gasteiger partial charge in [-0.15, -0.1) is 12.4 Å². The van der Waals surface area contributed by atoms with Gasteiger partial charge in [0.15, 0.2) is 0 Å². The fourth-order valence-corrected chi connectivity index (χ4v) is 2.92. The molecule has 0 amide bonds. The minimum absolute atomic E-state index is 0. The first-order valence-corrected chi connectivity index (χ1v) is 9.81. The molecule has 0 aliphatic heterocycles. The number of aryl methyl sites for hydroxylation is 1. The molecule has 0 unspecified atom stereocenters. The van der Waals surface area contributed by atoms with Crippen LogP contribution >= 0.6 is 12.4 Å². The summed E-state index contributed by atoms with van der Waals surface area (Å²) >= 11 is 0. The van der Waals surface area contributed by atoms with Gasteiger partial charge in [0.25, 0.3) is 0 Å². The number of rotatable bonds is 14. The minimum atomic E-state index is 0. The first-order chi connectivity index (χ1) is 12.4.